The summed E-state index contributed by atoms with van der Waals surface area (Å²) in [6.45, 7) is -0.0992. The van der Waals surface area contributed by atoms with Crippen molar-refractivity contribution in [1.82, 2.24) is 10.3 Å². The van der Waals surface area contributed by atoms with Crippen molar-refractivity contribution in [2.45, 2.75) is 6.54 Å². The number of aliphatic imine (C=N–C) groups is 1. The van der Waals surface area contributed by atoms with Crippen molar-refractivity contribution in [2.24, 2.45) is 4.99 Å². The summed E-state index contributed by atoms with van der Waals surface area (Å²) in [7, 11) is 1.51. The van der Waals surface area contributed by atoms with Crippen molar-refractivity contribution >= 4 is 23.3 Å². The van der Waals surface area contributed by atoms with Gasteiger partial charge < -0.3 is 4.90 Å². The fourth-order valence-corrected chi connectivity index (χ4v) is 2.49. The van der Waals surface area contributed by atoms with Crippen LogP contribution >= 0.6 is 0 Å². The number of benzene rings is 2. The van der Waals surface area contributed by atoms with Gasteiger partial charge in [-0.15, -0.1) is 0 Å². The molecular formula is C18H16F2N4O2. The maximum Gasteiger partial charge on any atom is 0.290 e. The van der Waals surface area contributed by atoms with E-state index in [0.29, 0.717) is 11.3 Å². The van der Waals surface area contributed by atoms with E-state index in [1.54, 1.807) is 24.3 Å². The van der Waals surface area contributed by atoms with Gasteiger partial charge in [0.05, 0.1) is 5.69 Å². The fourth-order valence-electron chi connectivity index (χ4n) is 2.49. The summed E-state index contributed by atoms with van der Waals surface area (Å²) in [6.07, 6.45) is 0. The smallest absolute Gasteiger partial charge is 0.290 e. The Kier molecular flexibility index (Phi) is 4.92. The number of para-hydroxylation sites is 1. The number of amidine groups is 1. The number of amides is 2. The Morgan fingerprint density at radius 2 is 1.92 bits per heavy atom. The average Bonchev–Trinajstić information content (AvgIpc) is 2.65. The minimum Gasteiger partial charge on any atom is -0.335 e. The van der Waals surface area contributed by atoms with Gasteiger partial charge >= 0.3 is 0 Å². The highest BCUT2D eigenvalue weighted by molar-refractivity contribution is 6.39. The van der Waals surface area contributed by atoms with E-state index in [0.717, 1.165) is 12.1 Å². The largest absolute Gasteiger partial charge is 0.335 e. The van der Waals surface area contributed by atoms with Gasteiger partial charge in [-0.3, -0.25) is 20.0 Å². The zero-order chi connectivity index (χ0) is 18.7. The van der Waals surface area contributed by atoms with Crippen LogP contribution in [0.25, 0.3) is 0 Å². The molecule has 0 bridgehead atoms. The fraction of sp³-hybridized carbons (Fsp3) is 0.167. The number of carbonyl (C=O) groups excluding carboxylic acids is 2. The number of nitrogens with one attached hydrogen (secondary N) is 1. The van der Waals surface area contributed by atoms with E-state index in [-0.39, 0.29) is 24.8 Å². The Hall–Kier alpha value is -3.29. The molecule has 0 aromatic heterocycles. The predicted octanol–water partition coefficient (Wildman–Crippen LogP) is 1.87. The van der Waals surface area contributed by atoms with Crippen LogP contribution in [-0.2, 0) is 16.1 Å². The molecule has 0 radical (unpaired) electrons. The summed E-state index contributed by atoms with van der Waals surface area (Å²) in [5, 5.41) is 1.26. The number of hydrogen-bond acceptors (Lipinski definition) is 4. The number of rotatable bonds is 4. The van der Waals surface area contributed by atoms with Crippen LogP contribution in [0.2, 0.25) is 0 Å². The number of hydrogen-bond donors (Lipinski definition) is 1. The Labute approximate surface area is 148 Å². The number of likely N-dealkylation sites (N-methyl/N-ethyl adjacent to an activating group) is 1. The zero-order valence-corrected chi connectivity index (χ0v) is 13.9. The summed E-state index contributed by atoms with van der Waals surface area (Å²) in [5.74, 6) is -2.69. The normalized spacial score (nSPS) is 13.9. The van der Waals surface area contributed by atoms with E-state index >= 15 is 0 Å². The molecule has 1 aliphatic rings. The molecule has 134 valence electrons. The van der Waals surface area contributed by atoms with Crippen LogP contribution in [0.5, 0.6) is 0 Å². The first-order valence-corrected chi connectivity index (χ1v) is 7.84. The molecule has 2 aromatic rings. The number of halogens is 2. The molecule has 2 aromatic carbocycles. The Balaban J connectivity index is 1.72. The molecule has 1 N–H and O–H groups in total. The molecule has 0 saturated heterocycles. The van der Waals surface area contributed by atoms with Crippen LogP contribution in [0.15, 0.2) is 53.5 Å². The first-order chi connectivity index (χ1) is 12.5. The van der Waals surface area contributed by atoms with E-state index in [2.05, 4.69) is 10.4 Å². The molecule has 0 unspecified atom stereocenters. The van der Waals surface area contributed by atoms with Gasteiger partial charge in [-0.05, 0) is 29.8 Å². The zero-order valence-electron chi connectivity index (χ0n) is 13.9. The van der Waals surface area contributed by atoms with E-state index in [9.17, 15) is 18.4 Å². The second-order valence-electron chi connectivity index (χ2n) is 5.75. The molecule has 8 heteroatoms. The third kappa shape index (κ3) is 3.69. The molecule has 0 saturated carbocycles. The lowest BCUT2D eigenvalue weighted by molar-refractivity contribution is -0.123. The van der Waals surface area contributed by atoms with Gasteiger partial charge in [0.2, 0.25) is 5.84 Å². The lowest BCUT2D eigenvalue weighted by atomic mass is 10.2. The third-order valence-electron chi connectivity index (χ3n) is 3.81. The number of hydrazine groups is 1. The highest BCUT2D eigenvalue weighted by Gasteiger charge is 2.27. The van der Waals surface area contributed by atoms with Crippen molar-refractivity contribution in [2.75, 3.05) is 18.6 Å². The average molecular weight is 358 g/mol. The minimum absolute atomic E-state index is 0.00135. The third-order valence-corrected chi connectivity index (χ3v) is 3.81. The van der Waals surface area contributed by atoms with Gasteiger partial charge in [-0.2, -0.15) is 0 Å². The number of carbonyl (C=O) groups is 2. The highest BCUT2D eigenvalue weighted by atomic mass is 19.2. The second kappa shape index (κ2) is 7.30. The molecule has 3 rings (SSSR count). The molecule has 26 heavy (non-hydrogen) atoms. The highest BCUT2D eigenvalue weighted by Crippen LogP contribution is 2.14. The van der Waals surface area contributed by atoms with Gasteiger partial charge in [0, 0.05) is 13.6 Å². The summed E-state index contributed by atoms with van der Waals surface area (Å²) in [5.41, 5.74) is 3.74. The maximum absolute atomic E-state index is 13.3. The molecule has 6 nitrogen and oxygen atoms in total. The first-order valence-electron chi connectivity index (χ1n) is 7.84. The first kappa shape index (κ1) is 17.5. The summed E-state index contributed by atoms with van der Waals surface area (Å²) in [4.78, 5) is 29.9. The van der Waals surface area contributed by atoms with Crippen LogP contribution in [-0.4, -0.2) is 36.1 Å². The van der Waals surface area contributed by atoms with Crippen molar-refractivity contribution in [3.8, 4) is 0 Å². The molecule has 2 amide bonds. The van der Waals surface area contributed by atoms with Gasteiger partial charge in [-0.25, -0.2) is 13.8 Å². The molecular weight excluding hydrogens is 342 g/mol. The number of nitrogens with zero attached hydrogens (tertiary/aromatic N) is 3. The van der Waals surface area contributed by atoms with Crippen molar-refractivity contribution in [3.05, 3.63) is 65.7 Å². The Bertz CT molecular complexity index is 871. The molecule has 0 fully saturated rings. The number of anilines is 1. The summed E-state index contributed by atoms with van der Waals surface area (Å²) >= 11 is 0. The van der Waals surface area contributed by atoms with Crippen LogP contribution < -0.4 is 10.4 Å². The van der Waals surface area contributed by atoms with Gasteiger partial charge in [0.1, 0.15) is 6.54 Å². The predicted molar refractivity (Wildman–Crippen MR) is 92.2 cm³/mol. The van der Waals surface area contributed by atoms with Gasteiger partial charge in [0.25, 0.3) is 11.8 Å². The quantitative estimate of drug-likeness (QED) is 0.908. The molecule has 1 heterocycles. The standard InChI is InChI=1S/C18H16F2N4O2/c1-23(11-12-7-8-14(19)15(20)9-12)18(26)17-21-10-16(25)24(22-17)13-5-3-2-4-6-13/h2-9H,10-11H2,1H3,(H,21,22). The minimum atomic E-state index is -0.975. The van der Waals surface area contributed by atoms with E-state index in [1.807, 2.05) is 6.07 Å². The topological polar surface area (TPSA) is 65.0 Å². The lowest BCUT2D eigenvalue weighted by Crippen LogP contribution is -2.55. The van der Waals surface area contributed by atoms with Gasteiger partial charge in [-0.1, -0.05) is 24.3 Å². The van der Waals surface area contributed by atoms with Crippen molar-refractivity contribution in [1.29, 1.82) is 0 Å². The maximum atomic E-state index is 13.3. The molecule has 1 aliphatic heterocycles. The van der Waals surface area contributed by atoms with Crippen LogP contribution in [0.3, 0.4) is 0 Å². The van der Waals surface area contributed by atoms with E-state index in [4.69, 9.17) is 0 Å². The Morgan fingerprint density at radius 3 is 2.62 bits per heavy atom. The monoisotopic (exact) mass is 358 g/mol. The SMILES string of the molecule is CN(Cc1ccc(F)c(F)c1)C(=O)C1=NCC(=O)N(c2ccccc2)N1. The summed E-state index contributed by atoms with van der Waals surface area (Å²) < 4.78 is 26.3. The molecule has 0 spiro atoms. The molecule has 0 aliphatic carbocycles. The Morgan fingerprint density at radius 1 is 1.19 bits per heavy atom. The summed E-state index contributed by atoms with van der Waals surface area (Å²) in [6, 6.07) is 12.3. The van der Waals surface area contributed by atoms with Crippen LogP contribution in [0, 0.1) is 11.6 Å². The van der Waals surface area contributed by atoms with Crippen molar-refractivity contribution in [3.63, 3.8) is 0 Å². The van der Waals surface area contributed by atoms with Crippen LogP contribution in [0.1, 0.15) is 5.56 Å². The molecule has 0 atom stereocenters. The lowest BCUT2D eigenvalue weighted by Gasteiger charge is -2.29. The second-order valence-corrected chi connectivity index (χ2v) is 5.75. The van der Waals surface area contributed by atoms with Crippen LogP contribution in [0.4, 0.5) is 14.5 Å². The van der Waals surface area contributed by atoms with E-state index < -0.39 is 17.5 Å². The van der Waals surface area contributed by atoms with E-state index in [1.165, 1.54) is 23.0 Å². The van der Waals surface area contributed by atoms with Gasteiger partial charge in [0.15, 0.2) is 11.6 Å². The van der Waals surface area contributed by atoms with Crippen molar-refractivity contribution < 1.29 is 18.4 Å².